The normalized spacial score (nSPS) is 20.7. The van der Waals surface area contributed by atoms with Crippen LogP contribution in [0.3, 0.4) is 0 Å². The highest BCUT2D eigenvalue weighted by Crippen LogP contribution is 2.29. The lowest BCUT2D eigenvalue weighted by Crippen LogP contribution is -2.41. The van der Waals surface area contributed by atoms with Gasteiger partial charge in [-0.25, -0.2) is 13.2 Å². The van der Waals surface area contributed by atoms with Gasteiger partial charge in [0.25, 0.3) is 0 Å². The summed E-state index contributed by atoms with van der Waals surface area (Å²) in [4.78, 5) is 36.6. The zero-order valence-corrected chi connectivity index (χ0v) is 14.3. The van der Waals surface area contributed by atoms with E-state index in [0.717, 1.165) is 4.90 Å². The van der Waals surface area contributed by atoms with Crippen molar-refractivity contribution in [3.05, 3.63) is 30.3 Å². The first kappa shape index (κ1) is 18.1. The topological polar surface area (TPSA) is 97.8 Å². The van der Waals surface area contributed by atoms with E-state index in [1.807, 2.05) is 0 Å². The number of benzene rings is 1. The molecule has 0 spiro atoms. The molecule has 1 aromatic rings. The third-order valence-corrected chi connectivity index (χ3v) is 6.12. The van der Waals surface area contributed by atoms with E-state index in [4.69, 9.17) is 0 Å². The molecule has 24 heavy (non-hydrogen) atoms. The van der Waals surface area contributed by atoms with Crippen LogP contribution in [0.15, 0.2) is 35.2 Å². The van der Waals surface area contributed by atoms with E-state index in [0.29, 0.717) is 0 Å². The molecule has 2 rings (SSSR count). The van der Waals surface area contributed by atoms with Gasteiger partial charge in [-0.15, -0.1) is 0 Å². The van der Waals surface area contributed by atoms with Crippen LogP contribution in [-0.4, -0.2) is 55.9 Å². The van der Waals surface area contributed by atoms with Crippen LogP contribution in [0.25, 0.3) is 0 Å². The summed E-state index contributed by atoms with van der Waals surface area (Å²) in [6, 6.07) is 6.88. The summed E-state index contributed by atoms with van der Waals surface area (Å²) in [7, 11) is -2.52. The standard InChI is InChI=1S/C16H19NO6S/c1-11(18)8-15(19)17-10-13(9-14(17)16(20)23-2)24(21,22)12-6-4-3-5-7-12/h3-7,13-14H,8-10H2,1-2H3. The van der Waals surface area contributed by atoms with Gasteiger partial charge in [0.1, 0.15) is 11.8 Å². The van der Waals surface area contributed by atoms with Crippen LogP contribution in [0, 0.1) is 0 Å². The number of ether oxygens (including phenoxy) is 1. The first-order chi connectivity index (χ1) is 11.3. The summed E-state index contributed by atoms with van der Waals surface area (Å²) in [5.41, 5.74) is 0. The van der Waals surface area contributed by atoms with Crippen LogP contribution in [0.2, 0.25) is 0 Å². The average Bonchev–Trinajstić information content (AvgIpc) is 3.00. The number of sulfone groups is 1. The monoisotopic (exact) mass is 353 g/mol. The largest absolute Gasteiger partial charge is 0.467 e. The Balaban J connectivity index is 2.30. The van der Waals surface area contributed by atoms with Crippen molar-refractivity contribution in [1.29, 1.82) is 0 Å². The average molecular weight is 353 g/mol. The van der Waals surface area contributed by atoms with Gasteiger partial charge in [0.15, 0.2) is 9.84 Å². The molecule has 2 unspecified atom stereocenters. The fourth-order valence-corrected chi connectivity index (χ4v) is 4.49. The third-order valence-electron chi connectivity index (χ3n) is 3.97. The zero-order valence-electron chi connectivity index (χ0n) is 13.5. The molecule has 1 saturated heterocycles. The van der Waals surface area contributed by atoms with Crippen LogP contribution in [0.4, 0.5) is 0 Å². The van der Waals surface area contributed by atoms with E-state index >= 15 is 0 Å². The fourth-order valence-electron chi connectivity index (χ4n) is 2.77. The number of carbonyl (C=O) groups excluding carboxylic acids is 3. The number of likely N-dealkylation sites (tertiary alicyclic amines) is 1. The Labute approximate surface area is 140 Å². The molecule has 7 nitrogen and oxygen atoms in total. The second-order valence-electron chi connectivity index (χ2n) is 5.68. The summed E-state index contributed by atoms with van der Waals surface area (Å²) in [5, 5.41) is -0.917. The second-order valence-corrected chi connectivity index (χ2v) is 7.91. The van der Waals surface area contributed by atoms with Crippen molar-refractivity contribution in [2.24, 2.45) is 0 Å². The molecule has 0 aliphatic carbocycles. The number of esters is 1. The highest BCUT2D eigenvalue weighted by molar-refractivity contribution is 7.92. The van der Waals surface area contributed by atoms with Gasteiger partial charge in [0.05, 0.1) is 23.7 Å². The number of methoxy groups -OCH3 is 1. The molecule has 0 radical (unpaired) electrons. The number of nitrogens with zero attached hydrogens (tertiary/aromatic N) is 1. The maximum Gasteiger partial charge on any atom is 0.328 e. The predicted octanol–water partition coefficient (Wildman–Crippen LogP) is 0.582. The highest BCUT2D eigenvalue weighted by atomic mass is 32.2. The molecular formula is C16H19NO6S. The van der Waals surface area contributed by atoms with Crippen molar-refractivity contribution < 1.29 is 27.5 Å². The van der Waals surface area contributed by atoms with E-state index in [1.54, 1.807) is 18.2 Å². The molecule has 1 aromatic carbocycles. The Kier molecular flexibility index (Phi) is 5.38. The zero-order chi connectivity index (χ0) is 17.9. The van der Waals surface area contributed by atoms with Crippen LogP contribution in [-0.2, 0) is 29.0 Å². The minimum atomic E-state index is -3.69. The molecule has 2 atom stereocenters. The maximum atomic E-state index is 12.7. The lowest BCUT2D eigenvalue weighted by Gasteiger charge is -2.22. The van der Waals surface area contributed by atoms with Gasteiger partial charge >= 0.3 is 5.97 Å². The molecule has 1 aliphatic rings. The van der Waals surface area contributed by atoms with Crippen LogP contribution < -0.4 is 0 Å². The maximum absolute atomic E-state index is 12.7. The van der Waals surface area contributed by atoms with Gasteiger partial charge in [-0.05, 0) is 25.5 Å². The number of hydrogen-bond acceptors (Lipinski definition) is 6. The highest BCUT2D eigenvalue weighted by Gasteiger charge is 2.45. The van der Waals surface area contributed by atoms with E-state index < -0.39 is 33.0 Å². The summed E-state index contributed by atoms with van der Waals surface area (Å²) in [6.07, 6.45) is -0.418. The molecule has 1 aliphatic heterocycles. The summed E-state index contributed by atoms with van der Waals surface area (Å²) in [5.74, 6) is -1.60. The van der Waals surface area contributed by atoms with Gasteiger partial charge in [-0.3, -0.25) is 9.59 Å². The van der Waals surface area contributed by atoms with Crippen molar-refractivity contribution in [2.45, 2.75) is 36.0 Å². The first-order valence-corrected chi connectivity index (χ1v) is 8.97. The molecule has 0 saturated carbocycles. The van der Waals surface area contributed by atoms with E-state index in [1.165, 1.54) is 26.2 Å². The van der Waals surface area contributed by atoms with Gasteiger partial charge < -0.3 is 9.64 Å². The van der Waals surface area contributed by atoms with Crippen LogP contribution in [0.5, 0.6) is 0 Å². The number of ketones is 1. The SMILES string of the molecule is COC(=O)C1CC(S(=O)(=O)c2ccccc2)CN1C(=O)CC(C)=O. The lowest BCUT2D eigenvalue weighted by atomic mass is 10.2. The number of carbonyl (C=O) groups is 3. The second kappa shape index (κ2) is 7.12. The van der Waals surface area contributed by atoms with Crippen molar-refractivity contribution in [2.75, 3.05) is 13.7 Å². The fraction of sp³-hybridized carbons (Fsp3) is 0.438. The first-order valence-electron chi connectivity index (χ1n) is 7.43. The van der Waals surface area contributed by atoms with Crippen molar-refractivity contribution >= 4 is 27.5 Å². The molecule has 1 heterocycles. The third kappa shape index (κ3) is 3.64. The number of Topliss-reactive ketones (excluding diaryl/α,β-unsaturated/α-hetero) is 1. The van der Waals surface area contributed by atoms with Crippen LogP contribution >= 0.6 is 0 Å². The van der Waals surface area contributed by atoms with Crippen molar-refractivity contribution in [3.63, 3.8) is 0 Å². The Morgan fingerprint density at radius 2 is 1.83 bits per heavy atom. The molecule has 0 bridgehead atoms. The molecule has 1 fully saturated rings. The van der Waals surface area contributed by atoms with Crippen molar-refractivity contribution in [1.82, 2.24) is 4.90 Å². The number of rotatable bonds is 5. The van der Waals surface area contributed by atoms with Gasteiger partial charge in [0, 0.05) is 6.54 Å². The van der Waals surface area contributed by atoms with Gasteiger partial charge in [-0.2, -0.15) is 0 Å². The van der Waals surface area contributed by atoms with E-state index in [-0.39, 0.29) is 30.1 Å². The summed E-state index contributed by atoms with van der Waals surface area (Å²) < 4.78 is 30.1. The van der Waals surface area contributed by atoms with Gasteiger partial charge in [0.2, 0.25) is 5.91 Å². The van der Waals surface area contributed by atoms with E-state index in [2.05, 4.69) is 4.74 Å². The molecule has 1 amide bonds. The number of amides is 1. The molecule has 0 N–H and O–H groups in total. The Hall–Kier alpha value is -2.22. The number of hydrogen-bond donors (Lipinski definition) is 0. The Bertz CT molecular complexity index is 743. The Morgan fingerprint density at radius 1 is 1.21 bits per heavy atom. The Morgan fingerprint density at radius 3 is 2.38 bits per heavy atom. The summed E-state index contributed by atoms with van der Waals surface area (Å²) >= 11 is 0. The summed E-state index contributed by atoms with van der Waals surface area (Å²) in [6.45, 7) is 1.13. The predicted molar refractivity (Wildman–Crippen MR) is 84.8 cm³/mol. The molecule has 0 aromatic heterocycles. The quantitative estimate of drug-likeness (QED) is 0.567. The minimum absolute atomic E-state index is 0.0481. The smallest absolute Gasteiger partial charge is 0.328 e. The van der Waals surface area contributed by atoms with Crippen molar-refractivity contribution in [3.8, 4) is 0 Å². The van der Waals surface area contributed by atoms with Gasteiger partial charge in [-0.1, -0.05) is 18.2 Å². The molecular weight excluding hydrogens is 334 g/mol. The lowest BCUT2D eigenvalue weighted by molar-refractivity contribution is -0.151. The minimum Gasteiger partial charge on any atom is -0.467 e. The molecule has 130 valence electrons. The van der Waals surface area contributed by atoms with Crippen LogP contribution in [0.1, 0.15) is 19.8 Å². The van der Waals surface area contributed by atoms with E-state index in [9.17, 15) is 22.8 Å². The molecule has 8 heteroatoms.